The van der Waals surface area contributed by atoms with Gasteiger partial charge in [-0.1, -0.05) is 60.7 Å². The highest BCUT2D eigenvalue weighted by Crippen LogP contribution is 2.24. The zero-order chi connectivity index (χ0) is 17.1. The summed E-state index contributed by atoms with van der Waals surface area (Å²) in [6.45, 7) is 1.58. The molecule has 1 saturated heterocycles. The quantitative estimate of drug-likeness (QED) is 0.728. The van der Waals surface area contributed by atoms with Gasteiger partial charge in [0.2, 0.25) is 5.82 Å². The molecule has 0 spiro atoms. The van der Waals surface area contributed by atoms with Gasteiger partial charge in [0, 0.05) is 24.2 Å². The minimum Gasteiger partial charge on any atom is -0.336 e. The minimum absolute atomic E-state index is 0.0764. The summed E-state index contributed by atoms with van der Waals surface area (Å²) in [7, 11) is 0. The van der Waals surface area contributed by atoms with Gasteiger partial charge in [0.15, 0.2) is 0 Å². The van der Waals surface area contributed by atoms with Gasteiger partial charge in [-0.2, -0.15) is 0 Å². The molecule has 0 unspecified atom stereocenters. The summed E-state index contributed by atoms with van der Waals surface area (Å²) in [6.07, 6.45) is 2.10. The van der Waals surface area contributed by atoms with E-state index in [2.05, 4.69) is 9.97 Å². The summed E-state index contributed by atoms with van der Waals surface area (Å²) in [5, 5.41) is 0. The first-order valence-electron chi connectivity index (χ1n) is 8.60. The number of aromatic nitrogens is 2. The number of amides is 1. The maximum absolute atomic E-state index is 12.8. The van der Waals surface area contributed by atoms with E-state index >= 15 is 0 Å². The maximum atomic E-state index is 12.8. The van der Waals surface area contributed by atoms with Crippen molar-refractivity contribution < 1.29 is 4.79 Å². The Kier molecular flexibility index (Phi) is 4.25. The average Bonchev–Trinajstić information content (AvgIpc) is 3.23. The highest BCUT2D eigenvalue weighted by Gasteiger charge is 2.23. The molecule has 3 aromatic rings. The van der Waals surface area contributed by atoms with Gasteiger partial charge in [0.25, 0.3) is 5.91 Å². The molecule has 1 aliphatic heterocycles. The second-order valence-corrected chi connectivity index (χ2v) is 6.19. The van der Waals surface area contributed by atoms with Crippen LogP contribution in [0.2, 0.25) is 0 Å². The maximum Gasteiger partial charge on any atom is 0.291 e. The van der Waals surface area contributed by atoms with Crippen LogP contribution in [-0.2, 0) is 0 Å². The molecule has 0 saturated carbocycles. The van der Waals surface area contributed by atoms with E-state index in [0.29, 0.717) is 0 Å². The Morgan fingerprint density at radius 2 is 1.24 bits per heavy atom. The van der Waals surface area contributed by atoms with Gasteiger partial charge in [0.05, 0.1) is 11.4 Å². The number of carbonyl (C=O) groups excluding carboxylic acids is 1. The molecule has 0 radical (unpaired) electrons. The molecule has 1 amide bonds. The molecule has 1 fully saturated rings. The van der Waals surface area contributed by atoms with Gasteiger partial charge in [-0.25, -0.2) is 9.97 Å². The van der Waals surface area contributed by atoms with Crippen LogP contribution < -0.4 is 0 Å². The SMILES string of the molecule is O=C(c1nc(-c2ccccc2)cc(-c2ccccc2)n1)N1CCCC1. The standard InChI is InChI=1S/C21H19N3O/c25-21(24-13-7-8-14-24)20-22-18(16-9-3-1-4-10-16)15-19(23-20)17-11-5-2-6-12-17/h1-6,9-12,15H,7-8,13-14H2. The van der Waals surface area contributed by atoms with Crippen LogP contribution in [0.15, 0.2) is 66.7 Å². The zero-order valence-corrected chi connectivity index (χ0v) is 13.9. The van der Waals surface area contributed by atoms with E-state index in [9.17, 15) is 4.79 Å². The number of carbonyl (C=O) groups is 1. The van der Waals surface area contributed by atoms with Crippen molar-refractivity contribution in [2.45, 2.75) is 12.8 Å². The summed E-state index contributed by atoms with van der Waals surface area (Å²) in [5.41, 5.74) is 3.52. The third kappa shape index (κ3) is 3.29. The van der Waals surface area contributed by atoms with Crippen molar-refractivity contribution in [2.75, 3.05) is 13.1 Å². The van der Waals surface area contributed by atoms with E-state index < -0.39 is 0 Å². The summed E-state index contributed by atoms with van der Waals surface area (Å²) in [4.78, 5) is 23.8. The Bertz CT molecular complexity index is 814. The van der Waals surface area contributed by atoms with Gasteiger partial charge in [0.1, 0.15) is 0 Å². The van der Waals surface area contributed by atoms with Crippen molar-refractivity contribution in [3.63, 3.8) is 0 Å². The molecular weight excluding hydrogens is 310 g/mol. The van der Waals surface area contributed by atoms with E-state index in [0.717, 1.165) is 48.4 Å². The van der Waals surface area contributed by atoms with Crippen molar-refractivity contribution in [1.29, 1.82) is 0 Å². The normalized spacial score (nSPS) is 13.8. The predicted octanol–water partition coefficient (Wildman–Crippen LogP) is 4.05. The van der Waals surface area contributed by atoms with E-state index in [1.54, 1.807) is 0 Å². The Morgan fingerprint density at radius 3 is 1.72 bits per heavy atom. The first-order valence-corrected chi connectivity index (χ1v) is 8.60. The number of hydrogen-bond acceptors (Lipinski definition) is 3. The molecule has 2 aromatic carbocycles. The highest BCUT2D eigenvalue weighted by atomic mass is 16.2. The summed E-state index contributed by atoms with van der Waals surface area (Å²) in [5.74, 6) is 0.203. The van der Waals surface area contributed by atoms with E-state index in [4.69, 9.17) is 0 Å². The van der Waals surface area contributed by atoms with Gasteiger partial charge < -0.3 is 4.90 Å². The molecule has 1 aromatic heterocycles. The van der Waals surface area contributed by atoms with Crippen molar-refractivity contribution in [2.24, 2.45) is 0 Å². The molecule has 4 nitrogen and oxygen atoms in total. The number of nitrogens with zero attached hydrogens (tertiary/aromatic N) is 3. The third-order valence-corrected chi connectivity index (χ3v) is 4.45. The van der Waals surface area contributed by atoms with Crippen molar-refractivity contribution in [3.8, 4) is 22.5 Å². The topological polar surface area (TPSA) is 46.1 Å². The summed E-state index contributed by atoms with van der Waals surface area (Å²) in [6, 6.07) is 21.8. The molecular formula is C21H19N3O. The number of benzene rings is 2. The fourth-order valence-electron chi connectivity index (χ4n) is 3.12. The molecule has 1 aliphatic rings. The molecule has 0 aliphatic carbocycles. The third-order valence-electron chi connectivity index (χ3n) is 4.45. The van der Waals surface area contributed by atoms with Crippen molar-refractivity contribution in [1.82, 2.24) is 14.9 Å². The molecule has 0 atom stereocenters. The monoisotopic (exact) mass is 329 g/mol. The summed E-state index contributed by atoms with van der Waals surface area (Å²) >= 11 is 0. The van der Waals surface area contributed by atoms with Crippen LogP contribution in [0.5, 0.6) is 0 Å². The van der Waals surface area contributed by atoms with Crippen LogP contribution in [0.3, 0.4) is 0 Å². The molecule has 0 bridgehead atoms. The van der Waals surface area contributed by atoms with Crippen molar-refractivity contribution in [3.05, 3.63) is 72.6 Å². The fraction of sp³-hybridized carbons (Fsp3) is 0.190. The van der Waals surface area contributed by atoms with Gasteiger partial charge >= 0.3 is 0 Å². The second kappa shape index (κ2) is 6.85. The van der Waals surface area contributed by atoms with Crippen LogP contribution in [0.1, 0.15) is 23.5 Å². The van der Waals surface area contributed by atoms with Crippen LogP contribution in [0.25, 0.3) is 22.5 Å². The number of rotatable bonds is 3. The van der Waals surface area contributed by atoms with E-state index in [-0.39, 0.29) is 11.7 Å². The lowest BCUT2D eigenvalue weighted by molar-refractivity contribution is 0.0781. The Labute approximate surface area is 147 Å². The molecule has 25 heavy (non-hydrogen) atoms. The summed E-state index contributed by atoms with van der Waals surface area (Å²) < 4.78 is 0. The average molecular weight is 329 g/mol. The first kappa shape index (κ1) is 15.5. The number of likely N-dealkylation sites (tertiary alicyclic amines) is 1. The molecule has 2 heterocycles. The molecule has 0 N–H and O–H groups in total. The Balaban J connectivity index is 1.82. The lowest BCUT2D eigenvalue weighted by atomic mass is 10.1. The van der Waals surface area contributed by atoms with E-state index in [1.807, 2.05) is 71.6 Å². The first-order chi connectivity index (χ1) is 12.3. The van der Waals surface area contributed by atoms with Crippen LogP contribution >= 0.6 is 0 Å². The van der Waals surface area contributed by atoms with Crippen LogP contribution in [-0.4, -0.2) is 33.9 Å². The van der Waals surface area contributed by atoms with Gasteiger partial charge in [-0.05, 0) is 18.9 Å². The lowest BCUT2D eigenvalue weighted by Crippen LogP contribution is -2.29. The molecule has 4 heteroatoms. The largest absolute Gasteiger partial charge is 0.336 e. The zero-order valence-electron chi connectivity index (χ0n) is 13.9. The second-order valence-electron chi connectivity index (χ2n) is 6.19. The smallest absolute Gasteiger partial charge is 0.291 e. The van der Waals surface area contributed by atoms with Crippen molar-refractivity contribution >= 4 is 5.91 Å². The lowest BCUT2D eigenvalue weighted by Gasteiger charge is -2.15. The molecule has 4 rings (SSSR count). The Hall–Kier alpha value is -3.01. The fourth-order valence-corrected chi connectivity index (χ4v) is 3.12. The van der Waals surface area contributed by atoms with Gasteiger partial charge in [-0.15, -0.1) is 0 Å². The minimum atomic E-state index is -0.0764. The number of hydrogen-bond donors (Lipinski definition) is 0. The van der Waals surface area contributed by atoms with Gasteiger partial charge in [-0.3, -0.25) is 4.79 Å². The predicted molar refractivity (Wildman–Crippen MR) is 98.0 cm³/mol. The molecule has 124 valence electrons. The van der Waals surface area contributed by atoms with Crippen LogP contribution in [0, 0.1) is 0 Å². The highest BCUT2D eigenvalue weighted by molar-refractivity contribution is 5.92. The Morgan fingerprint density at radius 1 is 0.760 bits per heavy atom. The van der Waals surface area contributed by atoms with E-state index in [1.165, 1.54) is 0 Å². The van der Waals surface area contributed by atoms with Crippen LogP contribution in [0.4, 0.5) is 0 Å².